The molecule has 0 aromatic heterocycles. The molecule has 2 heteroatoms. The quantitative estimate of drug-likeness (QED) is 0.905. The Morgan fingerprint density at radius 2 is 1.64 bits per heavy atom. The van der Waals surface area contributed by atoms with Crippen molar-refractivity contribution in [1.29, 1.82) is 0 Å². The predicted molar refractivity (Wildman–Crippen MR) is 91.5 cm³/mol. The van der Waals surface area contributed by atoms with Crippen molar-refractivity contribution in [1.82, 2.24) is 5.32 Å². The van der Waals surface area contributed by atoms with E-state index in [0.717, 1.165) is 18.8 Å². The van der Waals surface area contributed by atoms with Crippen molar-refractivity contribution >= 4 is 0 Å². The summed E-state index contributed by atoms with van der Waals surface area (Å²) in [7, 11) is 0. The van der Waals surface area contributed by atoms with Crippen LogP contribution in [0.2, 0.25) is 0 Å². The molecule has 0 saturated carbocycles. The van der Waals surface area contributed by atoms with Gasteiger partial charge in [0, 0.05) is 0 Å². The average molecular weight is 295 g/mol. The van der Waals surface area contributed by atoms with Crippen molar-refractivity contribution in [3.63, 3.8) is 0 Å². The topological polar surface area (TPSA) is 21.3 Å². The molecule has 0 aliphatic carbocycles. The monoisotopic (exact) mass is 295 g/mol. The van der Waals surface area contributed by atoms with Crippen LogP contribution in [0.25, 0.3) is 0 Å². The first-order valence-corrected chi connectivity index (χ1v) is 8.22. The Bertz CT molecular complexity index is 592. The molecule has 0 amide bonds. The van der Waals surface area contributed by atoms with Gasteiger partial charge in [0.15, 0.2) is 0 Å². The number of hydrogen-bond acceptors (Lipinski definition) is 2. The average Bonchev–Trinajstić information content (AvgIpc) is 2.56. The van der Waals surface area contributed by atoms with Crippen molar-refractivity contribution in [2.45, 2.75) is 39.2 Å². The van der Waals surface area contributed by atoms with Crippen LogP contribution in [0.3, 0.4) is 0 Å². The molecule has 22 heavy (non-hydrogen) atoms. The predicted octanol–water partition coefficient (Wildman–Crippen LogP) is 4.35. The summed E-state index contributed by atoms with van der Waals surface area (Å²) in [5, 5.41) is 3.44. The number of aryl methyl sites for hydroxylation is 2. The zero-order valence-electron chi connectivity index (χ0n) is 13.6. The Balaban J connectivity index is 1.74. The van der Waals surface area contributed by atoms with Crippen LogP contribution in [0.5, 0.6) is 5.75 Å². The molecular weight excluding hydrogens is 270 g/mol. The molecule has 3 rings (SSSR count). The largest absolute Gasteiger partial charge is 0.488 e. The first-order chi connectivity index (χ1) is 10.7. The van der Waals surface area contributed by atoms with Crippen LogP contribution in [0, 0.1) is 13.8 Å². The maximum Gasteiger partial charge on any atom is 0.125 e. The highest BCUT2D eigenvalue weighted by molar-refractivity contribution is 5.44. The molecule has 0 spiro atoms. The van der Waals surface area contributed by atoms with Gasteiger partial charge in [-0.3, -0.25) is 0 Å². The lowest BCUT2D eigenvalue weighted by Crippen LogP contribution is -2.26. The minimum Gasteiger partial charge on any atom is -0.488 e. The Labute approximate surface area is 133 Å². The normalized spacial score (nSPS) is 15.7. The van der Waals surface area contributed by atoms with Gasteiger partial charge >= 0.3 is 0 Å². The summed E-state index contributed by atoms with van der Waals surface area (Å²) in [5.74, 6) is 1.74. The molecule has 0 bridgehead atoms. The number of nitrogens with one attached hydrogen (secondary N) is 1. The fourth-order valence-corrected chi connectivity index (χ4v) is 3.33. The summed E-state index contributed by atoms with van der Waals surface area (Å²) < 4.78 is 6.08. The first-order valence-electron chi connectivity index (χ1n) is 8.22. The summed E-state index contributed by atoms with van der Waals surface area (Å²) in [5.41, 5.74) is 5.20. The number of benzene rings is 2. The molecule has 1 saturated heterocycles. The molecule has 116 valence electrons. The Hall–Kier alpha value is -1.80. The Morgan fingerprint density at radius 1 is 1.00 bits per heavy atom. The SMILES string of the molecule is Cc1cc(C2CCNCC2)cc(C)c1OCc1ccccc1. The van der Waals surface area contributed by atoms with Crippen molar-refractivity contribution in [3.8, 4) is 5.75 Å². The highest BCUT2D eigenvalue weighted by Crippen LogP contribution is 2.32. The van der Waals surface area contributed by atoms with Gasteiger partial charge in [0.1, 0.15) is 12.4 Å². The van der Waals surface area contributed by atoms with Crippen molar-refractivity contribution in [2.24, 2.45) is 0 Å². The third-order valence-corrected chi connectivity index (χ3v) is 4.52. The fraction of sp³-hybridized carbons (Fsp3) is 0.400. The van der Waals surface area contributed by atoms with Crippen molar-refractivity contribution in [3.05, 3.63) is 64.7 Å². The standard InChI is InChI=1S/C20H25NO/c1-15-12-19(18-8-10-21-11-9-18)13-16(2)20(15)22-14-17-6-4-3-5-7-17/h3-7,12-13,18,21H,8-11,14H2,1-2H3. The lowest BCUT2D eigenvalue weighted by molar-refractivity contribution is 0.301. The van der Waals surface area contributed by atoms with E-state index in [0.29, 0.717) is 12.5 Å². The van der Waals surface area contributed by atoms with Gasteiger partial charge in [-0.15, -0.1) is 0 Å². The van der Waals surface area contributed by atoms with E-state index in [1.807, 2.05) is 6.07 Å². The van der Waals surface area contributed by atoms with E-state index in [4.69, 9.17) is 4.74 Å². The summed E-state index contributed by atoms with van der Waals surface area (Å²) in [6, 6.07) is 15.0. The van der Waals surface area contributed by atoms with Crippen molar-refractivity contribution in [2.75, 3.05) is 13.1 Å². The molecular formula is C20H25NO. The lowest BCUT2D eigenvalue weighted by Gasteiger charge is -2.24. The second-order valence-corrected chi connectivity index (χ2v) is 6.28. The van der Waals surface area contributed by atoms with E-state index in [-0.39, 0.29) is 0 Å². The Kier molecular flexibility index (Phi) is 4.79. The number of piperidine rings is 1. The summed E-state index contributed by atoms with van der Waals surface area (Å²) in [6.07, 6.45) is 2.48. The summed E-state index contributed by atoms with van der Waals surface area (Å²) in [6.45, 7) is 7.23. The van der Waals surface area contributed by atoms with Gasteiger partial charge in [-0.25, -0.2) is 0 Å². The maximum absolute atomic E-state index is 6.08. The molecule has 0 unspecified atom stereocenters. The number of rotatable bonds is 4. The lowest BCUT2D eigenvalue weighted by atomic mass is 9.88. The Morgan fingerprint density at radius 3 is 2.27 bits per heavy atom. The second kappa shape index (κ2) is 6.97. The van der Waals surface area contributed by atoms with Gasteiger partial charge in [-0.05, 0) is 68.0 Å². The highest BCUT2D eigenvalue weighted by Gasteiger charge is 2.17. The van der Waals surface area contributed by atoms with Crippen LogP contribution in [-0.2, 0) is 6.61 Å². The zero-order chi connectivity index (χ0) is 15.4. The molecule has 0 radical (unpaired) electrons. The molecule has 1 N–H and O–H groups in total. The third-order valence-electron chi connectivity index (χ3n) is 4.52. The van der Waals surface area contributed by atoms with E-state index < -0.39 is 0 Å². The van der Waals surface area contributed by atoms with E-state index in [1.54, 1.807) is 0 Å². The van der Waals surface area contributed by atoms with Crippen LogP contribution in [0.1, 0.15) is 41.0 Å². The minimum absolute atomic E-state index is 0.634. The van der Waals surface area contributed by atoms with Gasteiger partial charge in [-0.1, -0.05) is 42.5 Å². The molecule has 1 heterocycles. The minimum atomic E-state index is 0.634. The molecule has 2 aromatic carbocycles. The van der Waals surface area contributed by atoms with Crippen LogP contribution in [-0.4, -0.2) is 13.1 Å². The van der Waals surface area contributed by atoms with E-state index >= 15 is 0 Å². The van der Waals surface area contributed by atoms with Gasteiger partial charge in [0.2, 0.25) is 0 Å². The smallest absolute Gasteiger partial charge is 0.125 e. The molecule has 1 aliphatic rings. The second-order valence-electron chi connectivity index (χ2n) is 6.28. The molecule has 1 fully saturated rings. The summed E-state index contributed by atoms with van der Waals surface area (Å²) in [4.78, 5) is 0. The van der Waals surface area contributed by atoms with Crippen molar-refractivity contribution < 1.29 is 4.74 Å². The summed E-state index contributed by atoms with van der Waals surface area (Å²) >= 11 is 0. The molecule has 0 atom stereocenters. The molecule has 2 nitrogen and oxygen atoms in total. The van der Waals surface area contributed by atoms with Gasteiger partial charge in [0.05, 0.1) is 0 Å². The maximum atomic E-state index is 6.08. The van der Waals surface area contributed by atoms with E-state index in [1.165, 1.54) is 35.1 Å². The van der Waals surface area contributed by atoms with Gasteiger partial charge in [0.25, 0.3) is 0 Å². The fourth-order valence-electron chi connectivity index (χ4n) is 3.33. The van der Waals surface area contributed by atoms with Crippen LogP contribution in [0.4, 0.5) is 0 Å². The third kappa shape index (κ3) is 3.50. The first kappa shape index (κ1) is 15.1. The van der Waals surface area contributed by atoms with Gasteiger partial charge < -0.3 is 10.1 Å². The zero-order valence-corrected chi connectivity index (χ0v) is 13.6. The molecule has 1 aliphatic heterocycles. The van der Waals surface area contributed by atoms with Gasteiger partial charge in [-0.2, -0.15) is 0 Å². The highest BCUT2D eigenvalue weighted by atomic mass is 16.5. The van der Waals surface area contributed by atoms with Crippen LogP contribution < -0.4 is 10.1 Å². The van der Waals surface area contributed by atoms with Crippen LogP contribution >= 0.6 is 0 Å². The van der Waals surface area contributed by atoms with E-state index in [2.05, 4.69) is 55.6 Å². The van der Waals surface area contributed by atoms with Crippen LogP contribution in [0.15, 0.2) is 42.5 Å². The molecule has 2 aromatic rings. The number of ether oxygens (including phenoxy) is 1. The van der Waals surface area contributed by atoms with E-state index in [9.17, 15) is 0 Å². The number of hydrogen-bond donors (Lipinski definition) is 1.